The van der Waals surface area contributed by atoms with Gasteiger partial charge in [-0.25, -0.2) is 0 Å². The number of carboxylic acid groups (broad SMARTS) is 1. The maximum atomic E-state index is 11.3. The van der Waals surface area contributed by atoms with E-state index in [1.807, 2.05) is 27.7 Å². The number of aliphatic carboxylic acids is 1. The molecule has 0 aromatic rings. The van der Waals surface area contributed by atoms with Crippen molar-refractivity contribution in [2.75, 3.05) is 5.75 Å². The van der Waals surface area contributed by atoms with E-state index in [2.05, 4.69) is 5.32 Å². The molecule has 0 saturated heterocycles. The highest BCUT2D eigenvalue weighted by molar-refractivity contribution is 8.00. The van der Waals surface area contributed by atoms with E-state index in [0.717, 1.165) is 0 Å². The second-order valence-corrected chi connectivity index (χ2v) is 5.60. The minimum absolute atomic E-state index is 0.0182. The summed E-state index contributed by atoms with van der Waals surface area (Å²) in [6, 6.07) is 0.137. The second kappa shape index (κ2) is 7.54. The molecule has 0 heterocycles. The molecule has 2 N–H and O–H groups in total. The summed E-state index contributed by atoms with van der Waals surface area (Å²) >= 11 is 1.33. The number of carboxylic acids is 1. The van der Waals surface area contributed by atoms with E-state index in [9.17, 15) is 9.59 Å². The summed E-state index contributed by atoms with van der Waals surface area (Å²) in [7, 11) is 0. The first-order valence-electron chi connectivity index (χ1n) is 5.48. The summed E-state index contributed by atoms with van der Waals surface area (Å²) in [6.45, 7) is 7.55. The van der Waals surface area contributed by atoms with Gasteiger partial charge in [0.25, 0.3) is 0 Å². The largest absolute Gasteiger partial charge is 0.480 e. The van der Waals surface area contributed by atoms with Gasteiger partial charge in [-0.3, -0.25) is 9.59 Å². The number of amides is 1. The van der Waals surface area contributed by atoms with Crippen molar-refractivity contribution in [1.29, 1.82) is 0 Å². The molecule has 0 aliphatic carbocycles. The number of carbonyl (C=O) groups is 2. The van der Waals surface area contributed by atoms with Gasteiger partial charge in [0.1, 0.15) is 5.25 Å². The van der Waals surface area contributed by atoms with Gasteiger partial charge in [-0.05, 0) is 19.8 Å². The summed E-state index contributed by atoms with van der Waals surface area (Å²) in [4.78, 5) is 22.2. The molecule has 0 bridgehead atoms. The van der Waals surface area contributed by atoms with Gasteiger partial charge in [0.05, 0.1) is 0 Å². The predicted octanol–water partition coefficient (Wildman–Crippen LogP) is 1.74. The van der Waals surface area contributed by atoms with Gasteiger partial charge in [0.2, 0.25) is 5.91 Å². The van der Waals surface area contributed by atoms with Crippen LogP contribution in [-0.4, -0.2) is 34.0 Å². The summed E-state index contributed by atoms with van der Waals surface area (Å²) in [5.74, 6) is -0.191. The fraction of sp³-hybridized carbons (Fsp3) is 0.818. The molecule has 0 radical (unpaired) electrons. The monoisotopic (exact) mass is 247 g/mol. The van der Waals surface area contributed by atoms with E-state index in [1.54, 1.807) is 0 Å². The Hall–Kier alpha value is -0.710. The van der Waals surface area contributed by atoms with Gasteiger partial charge in [-0.15, -0.1) is 11.8 Å². The third-order valence-corrected chi connectivity index (χ3v) is 3.47. The Morgan fingerprint density at radius 2 is 1.81 bits per heavy atom. The van der Waals surface area contributed by atoms with Gasteiger partial charge in [-0.1, -0.05) is 13.8 Å². The Morgan fingerprint density at radius 1 is 1.25 bits per heavy atom. The highest BCUT2D eigenvalue weighted by atomic mass is 32.2. The Balaban J connectivity index is 3.87. The quantitative estimate of drug-likeness (QED) is 0.719. The van der Waals surface area contributed by atoms with Crippen molar-refractivity contribution in [2.24, 2.45) is 5.92 Å². The summed E-state index contributed by atoms with van der Waals surface area (Å²) in [6.07, 6.45) is 0.374. The molecule has 0 rings (SSSR count). The Morgan fingerprint density at radius 3 is 2.19 bits per heavy atom. The Kier molecular flexibility index (Phi) is 7.21. The maximum Gasteiger partial charge on any atom is 0.316 e. The number of thioether (sulfide) groups is 1. The van der Waals surface area contributed by atoms with E-state index in [0.29, 0.717) is 12.2 Å². The van der Waals surface area contributed by atoms with Crippen LogP contribution in [0.2, 0.25) is 0 Å². The van der Waals surface area contributed by atoms with Crippen LogP contribution in [0, 0.1) is 5.92 Å². The normalized spacial score (nSPS) is 12.9. The van der Waals surface area contributed by atoms with Crippen molar-refractivity contribution in [1.82, 2.24) is 5.32 Å². The fourth-order valence-electron chi connectivity index (χ4n) is 1.22. The zero-order valence-electron chi connectivity index (χ0n) is 10.3. The standard InChI is InChI=1S/C11H21NO3S/c1-7(2)10(11(14)15)16-6-5-9(13)12-8(3)4/h7-8,10H,5-6H2,1-4H3,(H,12,13)(H,14,15). The highest BCUT2D eigenvalue weighted by Crippen LogP contribution is 2.20. The zero-order chi connectivity index (χ0) is 12.7. The van der Waals surface area contributed by atoms with Crippen molar-refractivity contribution in [3.05, 3.63) is 0 Å². The lowest BCUT2D eigenvalue weighted by Crippen LogP contribution is -2.31. The summed E-state index contributed by atoms with van der Waals surface area (Å²) in [5, 5.41) is 11.3. The van der Waals surface area contributed by atoms with E-state index >= 15 is 0 Å². The lowest BCUT2D eigenvalue weighted by atomic mass is 10.1. The topological polar surface area (TPSA) is 66.4 Å². The van der Waals surface area contributed by atoms with Gasteiger partial charge in [0.15, 0.2) is 0 Å². The van der Waals surface area contributed by atoms with Crippen LogP contribution in [0.5, 0.6) is 0 Å². The van der Waals surface area contributed by atoms with Crippen LogP contribution in [-0.2, 0) is 9.59 Å². The van der Waals surface area contributed by atoms with E-state index in [4.69, 9.17) is 5.11 Å². The molecule has 5 heteroatoms. The first kappa shape index (κ1) is 15.3. The van der Waals surface area contributed by atoms with Crippen molar-refractivity contribution in [2.45, 2.75) is 45.4 Å². The molecule has 0 spiro atoms. The molecule has 4 nitrogen and oxygen atoms in total. The first-order valence-corrected chi connectivity index (χ1v) is 6.53. The molecule has 0 saturated carbocycles. The molecular weight excluding hydrogens is 226 g/mol. The number of carbonyl (C=O) groups excluding carboxylic acids is 1. The zero-order valence-corrected chi connectivity index (χ0v) is 11.1. The summed E-state index contributed by atoms with van der Waals surface area (Å²) in [5.41, 5.74) is 0. The van der Waals surface area contributed by atoms with Crippen molar-refractivity contribution in [3.63, 3.8) is 0 Å². The molecule has 0 aliphatic heterocycles. The van der Waals surface area contributed by atoms with Crippen LogP contribution in [0.15, 0.2) is 0 Å². The molecule has 0 aromatic heterocycles. The highest BCUT2D eigenvalue weighted by Gasteiger charge is 2.21. The van der Waals surface area contributed by atoms with E-state index in [-0.39, 0.29) is 17.9 Å². The lowest BCUT2D eigenvalue weighted by molar-refractivity contribution is -0.137. The van der Waals surface area contributed by atoms with Gasteiger partial charge < -0.3 is 10.4 Å². The molecule has 1 atom stereocenters. The number of nitrogens with one attached hydrogen (secondary N) is 1. The lowest BCUT2D eigenvalue weighted by Gasteiger charge is -2.15. The third kappa shape index (κ3) is 6.71. The summed E-state index contributed by atoms with van der Waals surface area (Å²) < 4.78 is 0. The number of hydrogen-bond donors (Lipinski definition) is 2. The van der Waals surface area contributed by atoms with Gasteiger partial charge in [0, 0.05) is 18.2 Å². The van der Waals surface area contributed by atoms with Crippen LogP contribution in [0.4, 0.5) is 0 Å². The third-order valence-electron chi connectivity index (χ3n) is 1.93. The number of rotatable bonds is 7. The Labute approximate surface area is 101 Å². The van der Waals surface area contributed by atoms with Crippen molar-refractivity contribution < 1.29 is 14.7 Å². The molecular formula is C11H21NO3S. The van der Waals surface area contributed by atoms with Crippen LogP contribution in [0.25, 0.3) is 0 Å². The van der Waals surface area contributed by atoms with Crippen LogP contribution < -0.4 is 5.32 Å². The molecule has 0 aromatic carbocycles. The smallest absolute Gasteiger partial charge is 0.316 e. The van der Waals surface area contributed by atoms with Gasteiger partial charge >= 0.3 is 5.97 Å². The van der Waals surface area contributed by atoms with Crippen molar-refractivity contribution in [3.8, 4) is 0 Å². The van der Waals surface area contributed by atoms with Crippen LogP contribution in [0.1, 0.15) is 34.1 Å². The minimum Gasteiger partial charge on any atom is -0.480 e. The van der Waals surface area contributed by atoms with Crippen LogP contribution in [0.3, 0.4) is 0 Å². The van der Waals surface area contributed by atoms with Crippen molar-refractivity contribution >= 4 is 23.6 Å². The van der Waals surface area contributed by atoms with E-state index < -0.39 is 11.2 Å². The maximum absolute atomic E-state index is 11.3. The molecule has 94 valence electrons. The fourth-order valence-corrected chi connectivity index (χ4v) is 2.31. The van der Waals surface area contributed by atoms with Gasteiger partial charge in [-0.2, -0.15) is 0 Å². The average molecular weight is 247 g/mol. The Bertz CT molecular complexity index is 241. The minimum atomic E-state index is -0.802. The predicted molar refractivity (Wildman–Crippen MR) is 66.6 cm³/mol. The molecule has 0 aliphatic rings. The van der Waals surface area contributed by atoms with Crippen LogP contribution >= 0.6 is 11.8 Å². The SMILES string of the molecule is CC(C)NC(=O)CCSC(C(=O)O)C(C)C. The molecule has 16 heavy (non-hydrogen) atoms. The average Bonchev–Trinajstić information content (AvgIpc) is 2.09. The van der Waals surface area contributed by atoms with E-state index in [1.165, 1.54) is 11.8 Å². The molecule has 1 amide bonds. The first-order chi connectivity index (χ1) is 7.34. The molecule has 0 fully saturated rings. The second-order valence-electron chi connectivity index (χ2n) is 4.35. The number of hydrogen-bond acceptors (Lipinski definition) is 3. The molecule has 1 unspecified atom stereocenters.